The largest absolute Gasteiger partial charge is 0.457 e. The van der Waals surface area contributed by atoms with Gasteiger partial charge in [0, 0.05) is 13.0 Å². The lowest BCUT2D eigenvalue weighted by atomic mass is 9.99. The summed E-state index contributed by atoms with van der Waals surface area (Å²) in [4.78, 5) is 12.9. The molecule has 9 nitrogen and oxygen atoms in total. The van der Waals surface area contributed by atoms with Crippen molar-refractivity contribution in [2.75, 3.05) is 26.4 Å². The molecular formula is C59H100O9. The van der Waals surface area contributed by atoms with Crippen LogP contribution < -0.4 is 0 Å². The second kappa shape index (κ2) is 49.1. The third kappa shape index (κ3) is 38.9. The summed E-state index contributed by atoms with van der Waals surface area (Å²) < 4.78 is 22.9. The van der Waals surface area contributed by atoms with Crippen LogP contribution in [0.15, 0.2) is 97.2 Å². The summed E-state index contributed by atoms with van der Waals surface area (Å²) in [7, 11) is 0. The van der Waals surface area contributed by atoms with Gasteiger partial charge in [-0.1, -0.05) is 201 Å². The van der Waals surface area contributed by atoms with Crippen LogP contribution in [0.4, 0.5) is 0 Å². The van der Waals surface area contributed by atoms with Crippen molar-refractivity contribution in [1.82, 2.24) is 0 Å². The molecule has 0 radical (unpaired) electrons. The Morgan fingerprint density at radius 1 is 0.485 bits per heavy atom. The average Bonchev–Trinajstić information content (AvgIpc) is 3.34. The van der Waals surface area contributed by atoms with E-state index >= 15 is 0 Å². The number of ether oxygens (including phenoxy) is 4. The van der Waals surface area contributed by atoms with Crippen molar-refractivity contribution in [1.29, 1.82) is 0 Å². The van der Waals surface area contributed by atoms with Gasteiger partial charge in [0.2, 0.25) is 0 Å². The van der Waals surface area contributed by atoms with Crippen LogP contribution >= 0.6 is 0 Å². The standard InChI is InChI=1S/C59H100O9/c1-3-5-7-9-11-13-15-17-19-21-23-25-26-27-29-31-33-35-37-39-41-43-45-47-49-65-51-53(52-66-59-58(64)57(63)56(62)54(50-60)68-59)67-55(61)48-46-44-42-40-38-36-34-32-30-28-24-22-20-18-16-14-12-10-8-6-4-2/h5,7,11,13,16-19,22-25,27,29,33,35,53-54,56-60,62-64H,3-4,6,8-10,12,14-15,20-21,26,28,30-32,34,36-52H2,1-2H3/b7-5-,13-11-,18-16-,19-17-,24-22-,25-23-,29-27-,35-33-. The number of esters is 1. The van der Waals surface area contributed by atoms with Crippen LogP contribution in [0.1, 0.15) is 206 Å². The third-order valence-electron chi connectivity index (χ3n) is 12.0. The maximum Gasteiger partial charge on any atom is 0.306 e. The fourth-order valence-corrected chi connectivity index (χ4v) is 7.76. The van der Waals surface area contributed by atoms with Crippen LogP contribution in [0.25, 0.3) is 0 Å². The van der Waals surface area contributed by atoms with Crippen molar-refractivity contribution < 1.29 is 44.2 Å². The molecule has 1 rings (SSSR count). The highest BCUT2D eigenvalue weighted by atomic mass is 16.7. The van der Waals surface area contributed by atoms with E-state index in [1.165, 1.54) is 83.5 Å². The number of hydrogen-bond acceptors (Lipinski definition) is 9. The van der Waals surface area contributed by atoms with Crippen molar-refractivity contribution in [2.45, 2.75) is 243 Å². The molecule has 68 heavy (non-hydrogen) atoms. The first-order chi connectivity index (χ1) is 33.4. The van der Waals surface area contributed by atoms with E-state index in [0.717, 1.165) is 103 Å². The molecule has 0 aromatic heterocycles. The highest BCUT2D eigenvalue weighted by Crippen LogP contribution is 2.23. The molecule has 0 aliphatic carbocycles. The zero-order valence-electron chi connectivity index (χ0n) is 43.1. The molecule has 1 fully saturated rings. The number of carbonyl (C=O) groups is 1. The normalized spacial score (nSPS) is 19.9. The minimum Gasteiger partial charge on any atom is -0.457 e. The Morgan fingerprint density at radius 2 is 0.897 bits per heavy atom. The van der Waals surface area contributed by atoms with Gasteiger partial charge in [0.15, 0.2) is 6.29 Å². The molecule has 390 valence electrons. The Bertz CT molecular complexity index is 1360. The molecule has 4 N–H and O–H groups in total. The number of carbonyl (C=O) groups excluding carboxylic acids is 1. The summed E-state index contributed by atoms with van der Waals surface area (Å²) in [5.41, 5.74) is 0. The van der Waals surface area contributed by atoms with E-state index in [-0.39, 0.29) is 19.2 Å². The molecule has 0 amide bonds. The molecule has 1 aliphatic rings. The quantitative estimate of drug-likeness (QED) is 0.0267. The van der Waals surface area contributed by atoms with Gasteiger partial charge >= 0.3 is 5.97 Å². The van der Waals surface area contributed by atoms with E-state index in [0.29, 0.717) is 13.0 Å². The molecule has 1 heterocycles. The lowest BCUT2D eigenvalue weighted by Gasteiger charge is -2.39. The lowest BCUT2D eigenvalue weighted by Crippen LogP contribution is -2.59. The third-order valence-corrected chi connectivity index (χ3v) is 12.0. The molecular weight excluding hydrogens is 853 g/mol. The molecule has 0 saturated carbocycles. The molecule has 0 bridgehead atoms. The smallest absolute Gasteiger partial charge is 0.306 e. The highest BCUT2D eigenvalue weighted by Gasteiger charge is 2.44. The van der Waals surface area contributed by atoms with Gasteiger partial charge in [-0.25, -0.2) is 0 Å². The Kier molecular flexibility index (Phi) is 45.6. The second-order valence-corrected chi connectivity index (χ2v) is 18.3. The molecule has 1 aliphatic heterocycles. The highest BCUT2D eigenvalue weighted by molar-refractivity contribution is 5.69. The lowest BCUT2D eigenvalue weighted by molar-refractivity contribution is -0.305. The fraction of sp³-hybridized carbons (Fsp3) is 0.712. The van der Waals surface area contributed by atoms with Crippen LogP contribution in [-0.2, 0) is 23.7 Å². The van der Waals surface area contributed by atoms with Gasteiger partial charge in [-0.05, 0) is 96.3 Å². The van der Waals surface area contributed by atoms with Gasteiger partial charge < -0.3 is 39.4 Å². The first-order valence-corrected chi connectivity index (χ1v) is 27.3. The summed E-state index contributed by atoms with van der Waals surface area (Å²) in [5, 5.41) is 40.3. The van der Waals surface area contributed by atoms with Crippen molar-refractivity contribution in [2.24, 2.45) is 0 Å². The predicted octanol–water partition coefficient (Wildman–Crippen LogP) is 13.9. The Labute approximate surface area is 415 Å². The summed E-state index contributed by atoms with van der Waals surface area (Å²) >= 11 is 0. The molecule has 0 aromatic carbocycles. The molecule has 0 aromatic rings. The van der Waals surface area contributed by atoms with Crippen molar-refractivity contribution in [3.8, 4) is 0 Å². The van der Waals surface area contributed by atoms with Crippen LogP contribution in [0, 0.1) is 0 Å². The van der Waals surface area contributed by atoms with E-state index in [1.807, 2.05) is 0 Å². The fourth-order valence-electron chi connectivity index (χ4n) is 7.76. The number of rotatable bonds is 46. The average molecular weight is 953 g/mol. The minimum atomic E-state index is -1.55. The van der Waals surface area contributed by atoms with Gasteiger partial charge in [0.05, 0.1) is 19.8 Å². The monoisotopic (exact) mass is 953 g/mol. The summed E-state index contributed by atoms with van der Waals surface area (Å²) in [6.45, 7) is 4.38. The second-order valence-electron chi connectivity index (χ2n) is 18.3. The summed E-state index contributed by atoms with van der Waals surface area (Å²) in [5.74, 6) is -0.328. The maximum atomic E-state index is 12.9. The summed E-state index contributed by atoms with van der Waals surface area (Å²) in [6, 6.07) is 0. The number of unbranched alkanes of at least 4 members (excludes halogenated alkanes) is 19. The zero-order valence-corrected chi connectivity index (χ0v) is 43.1. The van der Waals surface area contributed by atoms with Crippen LogP contribution in [0.5, 0.6) is 0 Å². The first kappa shape index (κ1) is 63.1. The topological polar surface area (TPSA) is 135 Å². The first-order valence-electron chi connectivity index (χ1n) is 27.3. The Balaban J connectivity index is 2.22. The van der Waals surface area contributed by atoms with E-state index < -0.39 is 43.4 Å². The van der Waals surface area contributed by atoms with Gasteiger partial charge in [0.25, 0.3) is 0 Å². The van der Waals surface area contributed by atoms with Gasteiger partial charge in [-0.2, -0.15) is 0 Å². The zero-order chi connectivity index (χ0) is 49.2. The van der Waals surface area contributed by atoms with Crippen LogP contribution in [0.2, 0.25) is 0 Å². The van der Waals surface area contributed by atoms with E-state index in [1.54, 1.807) is 0 Å². The summed E-state index contributed by atoms with van der Waals surface area (Å²) in [6.07, 6.45) is 61.5. The molecule has 0 spiro atoms. The number of allylic oxidation sites excluding steroid dienone is 16. The van der Waals surface area contributed by atoms with Crippen molar-refractivity contribution >= 4 is 5.97 Å². The van der Waals surface area contributed by atoms with E-state index in [4.69, 9.17) is 18.9 Å². The molecule has 9 heteroatoms. The number of aliphatic hydroxyl groups excluding tert-OH is 4. The number of aliphatic hydroxyl groups is 4. The number of hydrogen-bond donors (Lipinski definition) is 4. The van der Waals surface area contributed by atoms with Gasteiger partial charge in [-0.3, -0.25) is 4.79 Å². The maximum absolute atomic E-state index is 12.9. The van der Waals surface area contributed by atoms with Gasteiger partial charge in [-0.15, -0.1) is 0 Å². The van der Waals surface area contributed by atoms with E-state index in [9.17, 15) is 25.2 Å². The molecule has 1 saturated heterocycles. The van der Waals surface area contributed by atoms with E-state index in [2.05, 4.69) is 111 Å². The van der Waals surface area contributed by atoms with Crippen molar-refractivity contribution in [3.05, 3.63) is 97.2 Å². The minimum absolute atomic E-state index is 0.124. The predicted molar refractivity (Wildman–Crippen MR) is 283 cm³/mol. The molecule has 6 atom stereocenters. The van der Waals surface area contributed by atoms with Crippen molar-refractivity contribution in [3.63, 3.8) is 0 Å². The molecule has 6 unspecified atom stereocenters. The van der Waals surface area contributed by atoms with Crippen LogP contribution in [-0.4, -0.2) is 89.6 Å². The SMILES string of the molecule is CC/C=C\C/C=C\C/C=C\C/C=C\C/C=C\C/C=C\CCCCCCCOCC(COC1OC(CO)C(O)C(O)C1O)OC(=O)CCCCCCCCCCC/C=C\C/C=C\CCCCCCC. The van der Waals surface area contributed by atoms with Crippen LogP contribution in [0.3, 0.4) is 0 Å². The Morgan fingerprint density at radius 3 is 1.35 bits per heavy atom. The van der Waals surface area contributed by atoms with Gasteiger partial charge in [0.1, 0.15) is 30.5 Å². The Hall–Kier alpha value is -2.89.